The summed E-state index contributed by atoms with van der Waals surface area (Å²) in [6, 6.07) is -3.81. The molecule has 0 bridgehead atoms. The number of aromatic nitrogens is 4. The second-order valence-electron chi connectivity index (χ2n) is 13.2. The first-order valence-electron chi connectivity index (χ1n) is 18.4. The smallest absolute Gasteiger partial charge is 0.326 e. The van der Waals surface area contributed by atoms with Crippen molar-refractivity contribution < 1.29 is 59.1 Å². The molecule has 20 nitrogen and oxygen atoms in total. The molecule has 20 heteroatoms. The summed E-state index contributed by atoms with van der Waals surface area (Å²) in [5.74, 6) is -4.83. The van der Waals surface area contributed by atoms with Crippen molar-refractivity contribution in [2.75, 3.05) is 13.1 Å². The molecule has 0 saturated carbocycles. The number of unbranched alkanes of at least 4 members (excludes halogenated alkanes) is 8. The minimum absolute atomic E-state index is 0.0470. The Morgan fingerprint density at radius 3 is 1.58 bits per heavy atom. The number of carboxylic acids is 5. The Balaban J connectivity index is 1.60. The number of hydrogen-bond donors (Lipinski definition) is 8. The van der Waals surface area contributed by atoms with Crippen LogP contribution in [0.2, 0.25) is 0 Å². The molecule has 2 heterocycles. The van der Waals surface area contributed by atoms with Gasteiger partial charge in [0, 0.05) is 44.2 Å². The van der Waals surface area contributed by atoms with Gasteiger partial charge in [-0.05, 0) is 45.1 Å². The maximum Gasteiger partial charge on any atom is 0.326 e. The fraction of sp³-hybridized carbons (Fsp3) is 0.629. The van der Waals surface area contributed by atoms with Crippen LogP contribution in [0.3, 0.4) is 0 Å². The second-order valence-corrected chi connectivity index (χ2v) is 13.2. The molecular formula is C35H54N8O12. The minimum atomic E-state index is -1.48. The third kappa shape index (κ3) is 19.9. The first kappa shape index (κ1) is 45.6. The van der Waals surface area contributed by atoms with Crippen LogP contribution in [0.1, 0.15) is 102 Å². The van der Waals surface area contributed by atoms with Gasteiger partial charge in [0.05, 0.1) is 13.1 Å². The topological polar surface area (TPSA) is 296 Å². The van der Waals surface area contributed by atoms with Gasteiger partial charge in [-0.15, -0.1) is 0 Å². The summed E-state index contributed by atoms with van der Waals surface area (Å²) in [7, 11) is 0. The number of nitrogens with zero attached hydrogens (tertiary/aromatic N) is 5. The van der Waals surface area contributed by atoms with Crippen LogP contribution in [-0.2, 0) is 54.9 Å². The van der Waals surface area contributed by atoms with Gasteiger partial charge in [-0.2, -0.15) is 0 Å². The van der Waals surface area contributed by atoms with Gasteiger partial charge < -0.3 is 50.6 Å². The standard InChI is InChI=1S/C35H54N8O12/c44-29(38-15-9-8-11-25(33(51)52)39-35(55)40-26(34(53)54)13-14-30(45)46)12-7-5-3-1-2-4-6-10-18-41(21-27-36-16-19-42(27)23-31(47)48)22-28-37-17-20-43(28)24-32(49)50/h16-17,19-20,25-26H,1-15,18,21-24H2,(H,38,44)(H,45,46)(H,47,48)(H,49,50)(H,51,52)(H,53,54)(H2,39,40,55)/t25-,26-/m0/s1. The number of carbonyl (C=O) groups excluding carboxylic acids is 2. The summed E-state index contributed by atoms with van der Waals surface area (Å²) in [4.78, 5) is 91.1. The van der Waals surface area contributed by atoms with E-state index in [0.717, 1.165) is 51.4 Å². The Labute approximate surface area is 318 Å². The molecule has 8 N–H and O–H groups in total. The zero-order valence-corrected chi connectivity index (χ0v) is 30.9. The highest BCUT2D eigenvalue weighted by molar-refractivity contribution is 5.86. The number of nitrogens with one attached hydrogen (secondary N) is 3. The summed E-state index contributed by atoms with van der Waals surface area (Å²) < 4.78 is 3.15. The predicted molar refractivity (Wildman–Crippen MR) is 194 cm³/mol. The molecule has 55 heavy (non-hydrogen) atoms. The van der Waals surface area contributed by atoms with Crippen LogP contribution < -0.4 is 16.0 Å². The van der Waals surface area contributed by atoms with E-state index in [0.29, 0.717) is 57.1 Å². The maximum atomic E-state index is 12.2. The Morgan fingerprint density at radius 1 is 0.600 bits per heavy atom. The SMILES string of the molecule is O=C(O)CC[C@H](NC(=O)N[C@@H](CCCCNC(=O)CCCCCCCCCCN(Cc1nccn1CC(=O)O)Cc1nccn1CC(=O)O)C(=O)O)C(=O)O. The molecule has 2 rings (SSSR count). The first-order valence-corrected chi connectivity index (χ1v) is 18.4. The van der Waals surface area contributed by atoms with E-state index in [1.165, 1.54) is 0 Å². The Kier molecular flexibility index (Phi) is 21.1. The van der Waals surface area contributed by atoms with Crippen molar-refractivity contribution in [2.24, 2.45) is 0 Å². The van der Waals surface area contributed by atoms with E-state index in [9.17, 15) is 48.9 Å². The summed E-state index contributed by atoms with van der Waals surface area (Å²) in [6.07, 6.45) is 14.3. The zero-order chi connectivity index (χ0) is 40.6. The van der Waals surface area contributed by atoms with Crippen LogP contribution in [0.5, 0.6) is 0 Å². The first-order chi connectivity index (χ1) is 26.2. The molecule has 0 radical (unpaired) electrons. The van der Waals surface area contributed by atoms with Gasteiger partial charge in [0.15, 0.2) is 0 Å². The number of rotatable bonds is 31. The summed E-state index contributed by atoms with van der Waals surface area (Å²) >= 11 is 0. The lowest BCUT2D eigenvalue weighted by atomic mass is 10.1. The molecule has 0 aliphatic carbocycles. The molecule has 0 aliphatic heterocycles. The Morgan fingerprint density at radius 2 is 1.09 bits per heavy atom. The van der Waals surface area contributed by atoms with Gasteiger partial charge in [-0.1, -0.05) is 38.5 Å². The van der Waals surface area contributed by atoms with Crippen molar-refractivity contribution in [1.29, 1.82) is 0 Å². The van der Waals surface area contributed by atoms with Gasteiger partial charge in [0.25, 0.3) is 0 Å². The molecular weight excluding hydrogens is 724 g/mol. The van der Waals surface area contributed by atoms with Crippen molar-refractivity contribution in [1.82, 2.24) is 40.0 Å². The van der Waals surface area contributed by atoms with Gasteiger partial charge >= 0.3 is 35.9 Å². The zero-order valence-electron chi connectivity index (χ0n) is 30.9. The van der Waals surface area contributed by atoms with E-state index in [4.69, 9.17) is 10.2 Å². The van der Waals surface area contributed by atoms with E-state index in [2.05, 4.69) is 30.8 Å². The molecule has 0 spiro atoms. The fourth-order valence-electron chi connectivity index (χ4n) is 5.79. The van der Waals surface area contributed by atoms with Crippen molar-refractivity contribution >= 4 is 41.8 Å². The Bertz CT molecular complexity index is 1490. The van der Waals surface area contributed by atoms with Crippen LogP contribution in [0, 0.1) is 0 Å². The molecule has 0 aromatic carbocycles. The van der Waals surface area contributed by atoms with Crippen molar-refractivity contribution in [3.05, 3.63) is 36.4 Å². The van der Waals surface area contributed by atoms with Crippen LogP contribution in [0.15, 0.2) is 24.8 Å². The van der Waals surface area contributed by atoms with Crippen molar-refractivity contribution in [2.45, 2.75) is 128 Å². The van der Waals surface area contributed by atoms with Crippen LogP contribution in [-0.4, -0.2) is 116 Å². The largest absolute Gasteiger partial charge is 0.481 e. The number of urea groups is 1. The third-order valence-electron chi connectivity index (χ3n) is 8.67. The van der Waals surface area contributed by atoms with Crippen LogP contribution >= 0.6 is 0 Å². The molecule has 3 amide bonds. The monoisotopic (exact) mass is 778 g/mol. The third-order valence-corrected chi connectivity index (χ3v) is 8.67. The normalized spacial score (nSPS) is 12.2. The minimum Gasteiger partial charge on any atom is -0.481 e. The molecule has 0 fully saturated rings. The van der Waals surface area contributed by atoms with Crippen LogP contribution in [0.4, 0.5) is 4.79 Å². The molecule has 306 valence electrons. The lowest BCUT2D eigenvalue weighted by molar-refractivity contribution is -0.141. The lowest BCUT2D eigenvalue weighted by Crippen LogP contribution is -2.51. The van der Waals surface area contributed by atoms with Gasteiger partial charge in [-0.25, -0.2) is 24.4 Å². The number of amides is 3. The highest BCUT2D eigenvalue weighted by Gasteiger charge is 2.25. The lowest BCUT2D eigenvalue weighted by Gasteiger charge is -2.22. The maximum absolute atomic E-state index is 12.2. The molecule has 2 aromatic rings. The van der Waals surface area contributed by atoms with Gasteiger partial charge in [0.1, 0.15) is 36.8 Å². The van der Waals surface area contributed by atoms with E-state index in [1.54, 1.807) is 33.9 Å². The Hall–Kier alpha value is -5.53. The number of carbonyl (C=O) groups is 7. The van der Waals surface area contributed by atoms with E-state index >= 15 is 0 Å². The van der Waals surface area contributed by atoms with Crippen molar-refractivity contribution in [3.63, 3.8) is 0 Å². The number of aliphatic carboxylic acids is 5. The quantitative estimate of drug-likeness (QED) is 0.0509. The van der Waals surface area contributed by atoms with Gasteiger partial charge in [-0.3, -0.25) is 24.1 Å². The molecule has 0 unspecified atom stereocenters. The summed E-state index contributed by atoms with van der Waals surface area (Å²) in [5.41, 5.74) is 0. The highest BCUT2D eigenvalue weighted by Crippen LogP contribution is 2.14. The average Bonchev–Trinajstić information content (AvgIpc) is 3.73. The fourth-order valence-corrected chi connectivity index (χ4v) is 5.79. The number of carboxylic acid groups (broad SMARTS) is 5. The average molecular weight is 779 g/mol. The van der Waals surface area contributed by atoms with Crippen molar-refractivity contribution in [3.8, 4) is 0 Å². The van der Waals surface area contributed by atoms with E-state index < -0.39 is 54.4 Å². The second kappa shape index (κ2) is 25.5. The number of hydrogen-bond acceptors (Lipinski definition) is 10. The van der Waals surface area contributed by atoms with E-state index in [-0.39, 0.29) is 31.8 Å². The molecule has 2 aromatic heterocycles. The summed E-state index contributed by atoms with van der Waals surface area (Å²) in [5, 5.41) is 52.8. The highest BCUT2D eigenvalue weighted by atomic mass is 16.4. The molecule has 0 aliphatic rings. The van der Waals surface area contributed by atoms with E-state index in [1.807, 2.05) is 0 Å². The molecule has 2 atom stereocenters. The number of imidazole rings is 2. The summed E-state index contributed by atoms with van der Waals surface area (Å²) in [6.45, 7) is 1.38. The molecule has 0 saturated heterocycles. The van der Waals surface area contributed by atoms with Gasteiger partial charge in [0.2, 0.25) is 5.91 Å². The van der Waals surface area contributed by atoms with Crippen LogP contribution in [0.25, 0.3) is 0 Å². The predicted octanol–water partition coefficient (Wildman–Crippen LogP) is 2.12.